The summed E-state index contributed by atoms with van der Waals surface area (Å²) < 4.78 is 4.85. The Bertz CT molecular complexity index is 642. The largest absolute Gasteiger partial charge is 0.465 e. The van der Waals surface area contributed by atoms with Crippen molar-refractivity contribution in [1.82, 2.24) is 0 Å². The fourth-order valence-electron chi connectivity index (χ4n) is 2.40. The second kappa shape index (κ2) is 6.44. The van der Waals surface area contributed by atoms with Gasteiger partial charge in [0, 0.05) is 12.2 Å². The van der Waals surface area contributed by atoms with Crippen molar-refractivity contribution in [3.63, 3.8) is 0 Å². The molecule has 0 radical (unpaired) electrons. The van der Waals surface area contributed by atoms with Gasteiger partial charge >= 0.3 is 5.97 Å². The van der Waals surface area contributed by atoms with Gasteiger partial charge in [-0.1, -0.05) is 29.8 Å². The number of hydrogen-bond donors (Lipinski definition) is 1. The van der Waals surface area contributed by atoms with Gasteiger partial charge in [-0.3, -0.25) is 0 Å². The van der Waals surface area contributed by atoms with Crippen LogP contribution in [0.1, 0.15) is 32.6 Å². The van der Waals surface area contributed by atoms with Crippen LogP contribution < -0.4 is 5.32 Å². The summed E-state index contributed by atoms with van der Waals surface area (Å²) in [6, 6.07) is 12.0. The van der Waals surface area contributed by atoms with Gasteiger partial charge in [-0.15, -0.1) is 0 Å². The van der Waals surface area contributed by atoms with Gasteiger partial charge in [0.15, 0.2) is 0 Å². The van der Waals surface area contributed by atoms with E-state index in [-0.39, 0.29) is 5.97 Å². The van der Waals surface area contributed by atoms with E-state index in [0.717, 1.165) is 11.3 Å². The van der Waals surface area contributed by atoms with Crippen LogP contribution in [0.4, 0.5) is 5.69 Å². The van der Waals surface area contributed by atoms with Gasteiger partial charge in [-0.05, 0) is 49.6 Å². The van der Waals surface area contributed by atoms with Crippen LogP contribution in [0.25, 0.3) is 0 Å². The zero-order valence-corrected chi connectivity index (χ0v) is 13.0. The molecule has 1 N–H and O–H groups in total. The molecule has 0 heterocycles. The standard InChI is InChI=1S/C18H21NO2/c1-12-8-9-17(15(10-12)18(20)21-4)19-11-16-13(2)6-5-7-14(16)3/h5-10,19H,11H2,1-4H3. The van der Waals surface area contributed by atoms with E-state index in [1.54, 1.807) is 0 Å². The predicted octanol–water partition coefficient (Wildman–Crippen LogP) is 4.01. The summed E-state index contributed by atoms with van der Waals surface area (Å²) in [5.41, 5.74) is 6.16. The molecule has 0 bridgehead atoms. The molecule has 0 atom stereocenters. The Balaban J connectivity index is 2.26. The lowest BCUT2D eigenvalue weighted by molar-refractivity contribution is 0.0601. The summed E-state index contributed by atoms with van der Waals surface area (Å²) in [7, 11) is 1.40. The molecule has 0 saturated carbocycles. The molecule has 2 rings (SSSR count). The molecule has 0 aliphatic carbocycles. The number of nitrogens with one attached hydrogen (secondary N) is 1. The van der Waals surface area contributed by atoms with E-state index in [0.29, 0.717) is 12.1 Å². The highest BCUT2D eigenvalue weighted by Gasteiger charge is 2.12. The zero-order chi connectivity index (χ0) is 15.4. The van der Waals surface area contributed by atoms with Crippen molar-refractivity contribution in [2.45, 2.75) is 27.3 Å². The molecule has 3 nitrogen and oxygen atoms in total. The lowest BCUT2D eigenvalue weighted by Gasteiger charge is -2.14. The first kappa shape index (κ1) is 15.1. The number of esters is 1. The summed E-state index contributed by atoms with van der Waals surface area (Å²) >= 11 is 0. The van der Waals surface area contributed by atoms with Crippen molar-refractivity contribution in [1.29, 1.82) is 0 Å². The fourth-order valence-corrected chi connectivity index (χ4v) is 2.40. The number of rotatable bonds is 4. The third kappa shape index (κ3) is 3.43. The minimum atomic E-state index is -0.317. The van der Waals surface area contributed by atoms with E-state index < -0.39 is 0 Å². The number of ether oxygens (including phenoxy) is 1. The van der Waals surface area contributed by atoms with Gasteiger partial charge in [-0.2, -0.15) is 0 Å². The van der Waals surface area contributed by atoms with Crippen molar-refractivity contribution in [2.75, 3.05) is 12.4 Å². The fraction of sp³-hybridized carbons (Fsp3) is 0.278. The summed E-state index contributed by atoms with van der Waals surface area (Å²) in [6.45, 7) is 6.84. The molecule has 0 unspecified atom stereocenters. The Kier molecular flexibility index (Phi) is 4.63. The van der Waals surface area contributed by atoms with E-state index in [1.807, 2.05) is 25.1 Å². The van der Waals surface area contributed by atoms with Crippen LogP contribution in [0.15, 0.2) is 36.4 Å². The monoisotopic (exact) mass is 283 g/mol. The molecule has 0 aliphatic heterocycles. The quantitative estimate of drug-likeness (QED) is 0.862. The number of anilines is 1. The average Bonchev–Trinajstić information content (AvgIpc) is 2.47. The molecule has 110 valence electrons. The first-order valence-corrected chi connectivity index (χ1v) is 7.01. The zero-order valence-electron chi connectivity index (χ0n) is 13.0. The van der Waals surface area contributed by atoms with Crippen molar-refractivity contribution in [3.8, 4) is 0 Å². The molecular formula is C18H21NO2. The molecule has 0 spiro atoms. The van der Waals surface area contributed by atoms with Crippen LogP contribution in [-0.4, -0.2) is 13.1 Å². The summed E-state index contributed by atoms with van der Waals surface area (Å²) in [5, 5.41) is 3.35. The molecule has 2 aromatic carbocycles. The van der Waals surface area contributed by atoms with E-state index in [9.17, 15) is 4.79 Å². The molecule has 21 heavy (non-hydrogen) atoms. The molecule has 0 amide bonds. The topological polar surface area (TPSA) is 38.3 Å². The maximum absolute atomic E-state index is 11.9. The maximum atomic E-state index is 11.9. The molecule has 0 aromatic heterocycles. The molecule has 3 heteroatoms. The molecule has 0 fully saturated rings. The number of benzene rings is 2. The Labute approximate surface area is 126 Å². The third-order valence-electron chi connectivity index (χ3n) is 3.68. The SMILES string of the molecule is COC(=O)c1cc(C)ccc1NCc1c(C)cccc1C. The Morgan fingerprint density at radius 1 is 1.10 bits per heavy atom. The van der Waals surface area contributed by atoms with Crippen LogP contribution in [0.3, 0.4) is 0 Å². The highest BCUT2D eigenvalue weighted by Crippen LogP contribution is 2.21. The number of aryl methyl sites for hydroxylation is 3. The number of hydrogen-bond acceptors (Lipinski definition) is 3. The van der Waals surface area contributed by atoms with Crippen molar-refractivity contribution in [2.24, 2.45) is 0 Å². The smallest absolute Gasteiger partial charge is 0.339 e. The first-order chi connectivity index (χ1) is 10.0. The second-order valence-corrected chi connectivity index (χ2v) is 5.26. The van der Waals surface area contributed by atoms with Crippen LogP contribution in [0.2, 0.25) is 0 Å². The molecule has 2 aromatic rings. The normalized spacial score (nSPS) is 10.3. The van der Waals surface area contributed by atoms with Gasteiger partial charge in [0.2, 0.25) is 0 Å². The average molecular weight is 283 g/mol. The van der Waals surface area contributed by atoms with Crippen LogP contribution in [-0.2, 0) is 11.3 Å². The summed E-state index contributed by atoms with van der Waals surface area (Å²) in [6.07, 6.45) is 0. The van der Waals surface area contributed by atoms with Gasteiger partial charge in [0.05, 0.1) is 12.7 Å². The minimum absolute atomic E-state index is 0.317. The van der Waals surface area contributed by atoms with Gasteiger partial charge in [-0.25, -0.2) is 4.79 Å². The number of methoxy groups -OCH3 is 1. The highest BCUT2D eigenvalue weighted by molar-refractivity contribution is 5.95. The lowest BCUT2D eigenvalue weighted by atomic mass is 10.0. The van der Waals surface area contributed by atoms with Gasteiger partial charge in [0.25, 0.3) is 0 Å². The van der Waals surface area contributed by atoms with Crippen LogP contribution in [0, 0.1) is 20.8 Å². The molecule has 0 saturated heterocycles. The van der Waals surface area contributed by atoms with E-state index in [1.165, 1.54) is 23.8 Å². The van der Waals surface area contributed by atoms with Gasteiger partial charge < -0.3 is 10.1 Å². The summed E-state index contributed by atoms with van der Waals surface area (Å²) in [4.78, 5) is 11.9. The van der Waals surface area contributed by atoms with Crippen molar-refractivity contribution < 1.29 is 9.53 Å². The maximum Gasteiger partial charge on any atom is 0.339 e. The second-order valence-electron chi connectivity index (χ2n) is 5.26. The lowest BCUT2D eigenvalue weighted by Crippen LogP contribution is -2.10. The number of carbonyl (C=O) groups excluding carboxylic acids is 1. The van der Waals surface area contributed by atoms with E-state index >= 15 is 0 Å². The minimum Gasteiger partial charge on any atom is -0.465 e. The van der Waals surface area contributed by atoms with Gasteiger partial charge in [0.1, 0.15) is 0 Å². The Morgan fingerprint density at radius 2 is 1.76 bits per heavy atom. The number of carbonyl (C=O) groups is 1. The van der Waals surface area contributed by atoms with Crippen molar-refractivity contribution in [3.05, 3.63) is 64.2 Å². The predicted molar refractivity (Wildman–Crippen MR) is 85.8 cm³/mol. The third-order valence-corrected chi connectivity index (χ3v) is 3.68. The molecule has 0 aliphatic rings. The molecular weight excluding hydrogens is 262 g/mol. The van der Waals surface area contributed by atoms with E-state index in [2.05, 4.69) is 37.4 Å². The highest BCUT2D eigenvalue weighted by atomic mass is 16.5. The first-order valence-electron chi connectivity index (χ1n) is 7.01. The van der Waals surface area contributed by atoms with Crippen LogP contribution >= 0.6 is 0 Å². The van der Waals surface area contributed by atoms with E-state index in [4.69, 9.17) is 4.74 Å². The van der Waals surface area contributed by atoms with Crippen LogP contribution in [0.5, 0.6) is 0 Å². The summed E-state index contributed by atoms with van der Waals surface area (Å²) in [5.74, 6) is -0.317. The Hall–Kier alpha value is -2.29. The Morgan fingerprint density at radius 3 is 2.38 bits per heavy atom. The van der Waals surface area contributed by atoms with Crippen molar-refractivity contribution >= 4 is 11.7 Å².